The zero-order chi connectivity index (χ0) is 17.4. The van der Waals surface area contributed by atoms with Crippen molar-refractivity contribution in [3.8, 4) is 0 Å². The summed E-state index contributed by atoms with van der Waals surface area (Å²) in [6, 6.07) is 0. The van der Waals surface area contributed by atoms with Crippen LogP contribution in [0.5, 0.6) is 0 Å². The average molecular weight is 342 g/mol. The number of hydrogen-bond acceptors (Lipinski definition) is 11. The molecule has 0 aliphatic carbocycles. The van der Waals surface area contributed by atoms with E-state index in [1.54, 1.807) is 0 Å². The van der Waals surface area contributed by atoms with Gasteiger partial charge >= 0.3 is 0 Å². The van der Waals surface area contributed by atoms with E-state index < -0.39 is 74.6 Å². The molecule has 11 nitrogen and oxygen atoms in total. The zero-order valence-corrected chi connectivity index (χ0v) is 12.0. The Bertz CT molecular complexity index is 393. The predicted octanol–water partition coefficient (Wildman–Crippen LogP) is -5.40. The maximum atomic E-state index is 10.00. The summed E-state index contributed by atoms with van der Waals surface area (Å²) in [5.74, 6) is -2.38. The van der Waals surface area contributed by atoms with Crippen LogP contribution in [0.3, 0.4) is 0 Å². The lowest BCUT2D eigenvalue weighted by Gasteiger charge is -2.46. The van der Waals surface area contributed by atoms with Gasteiger partial charge in [0.25, 0.3) is 0 Å². The van der Waals surface area contributed by atoms with Crippen molar-refractivity contribution in [2.75, 3.05) is 19.8 Å². The molecule has 2 fully saturated rings. The van der Waals surface area contributed by atoms with Crippen molar-refractivity contribution in [3.63, 3.8) is 0 Å². The smallest absolute Gasteiger partial charge is 0.218 e. The molecule has 2 heterocycles. The van der Waals surface area contributed by atoms with Gasteiger partial charge in [0.2, 0.25) is 5.79 Å². The van der Waals surface area contributed by atoms with Crippen molar-refractivity contribution < 1.29 is 55.1 Å². The van der Waals surface area contributed by atoms with E-state index in [1.807, 2.05) is 0 Å². The van der Waals surface area contributed by atoms with Crippen LogP contribution in [0.15, 0.2) is 0 Å². The first-order valence-corrected chi connectivity index (χ1v) is 7.04. The highest BCUT2D eigenvalue weighted by Gasteiger charge is 2.52. The summed E-state index contributed by atoms with van der Waals surface area (Å²) in [5, 5.41) is 77.1. The average Bonchev–Trinajstić information content (AvgIpc) is 2.55. The van der Waals surface area contributed by atoms with Gasteiger partial charge in [0.15, 0.2) is 6.29 Å². The minimum Gasteiger partial charge on any atom is -0.394 e. The largest absolute Gasteiger partial charge is 0.394 e. The standard InChI is InChI=1S/C12H22O11/c13-1-5-6(16)7(17)8(18)11(22-5)23-9-4(15)2-21-12(20,3-14)10(9)19/h4-11,13-20H,1-3H2. The molecule has 2 aliphatic rings. The van der Waals surface area contributed by atoms with Crippen molar-refractivity contribution in [2.45, 2.75) is 54.8 Å². The molecule has 8 N–H and O–H groups in total. The van der Waals surface area contributed by atoms with Gasteiger partial charge in [-0.3, -0.25) is 0 Å². The van der Waals surface area contributed by atoms with Gasteiger partial charge in [0.1, 0.15) is 42.7 Å². The van der Waals surface area contributed by atoms with Gasteiger partial charge in [-0.25, -0.2) is 0 Å². The number of rotatable bonds is 4. The fourth-order valence-corrected chi connectivity index (χ4v) is 2.52. The first-order valence-electron chi connectivity index (χ1n) is 7.04. The van der Waals surface area contributed by atoms with Gasteiger partial charge in [0.05, 0.1) is 19.8 Å². The number of aliphatic hydroxyl groups excluding tert-OH is 7. The monoisotopic (exact) mass is 342 g/mol. The molecule has 23 heavy (non-hydrogen) atoms. The van der Waals surface area contributed by atoms with Crippen LogP contribution in [-0.4, -0.2) is 115 Å². The molecule has 0 saturated carbocycles. The summed E-state index contributed by atoms with van der Waals surface area (Å²) < 4.78 is 15.1. The van der Waals surface area contributed by atoms with Crippen molar-refractivity contribution in [3.05, 3.63) is 0 Å². The lowest BCUT2D eigenvalue weighted by atomic mass is 9.96. The lowest BCUT2D eigenvalue weighted by Crippen LogP contribution is -2.66. The van der Waals surface area contributed by atoms with E-state index in [1.165, 1.54) is 0 Å². The third kappa shape index (κ3) is 3.50. The Kier molecular flexibility index (Phi) is 5.92. The van der Waals surface area contributed by atoms with E-state index in [0.29, 0.717) is 0 Å². The maximum Gasteiger partial charge on any atom is 0.218 e. The highest BCUT2D eigenvalue weighted by molar-refractivity contribution is 4.95. The summed E-state index contributed by atoms with van der Waals surface area (Å²) in [4.78, 5) is 0. The van der Waals surface area contributed by atoms with Crippen LogP contribution in [0.4, 0.5) is 0 Å². The molecule has 0 amide bonds. The van der Waals surface area contributed by atoms with Gasteiger partial charge in [-0.05, 0) is 0 Å². The molecule has 0 aromatic rings. The van der Waals surface area contributed by atoms with E-state index >= 15 is 0 Å². The van der Waals surface area contributed by atoms with Gasteiger partial charge in [-0.2, -0.15) is 0 Å². The highest BCUT2D eigenvalue weighted by Crippen LogP contribution is 2.29. The Labute approximate surface area is 130 Å². The lowest BCUT2D eigenvalue weighted by molar-refractivity contribution is -0.373. The van der Waals surface area contributed by atoms with Crippen LogP contribution >= 0.6 is 0 Å². The second-order valence-corrected chi connectivity index (χ2v) is 5.62. The number of aliphatic hydroxyl groups is 8. The van der Waals surface area contributed by atoms with Gasteiger partial charge < -0.3 is 55.1 Å². The topological polar surface area (TPSA) is 190 Å². The molecular weight excluding hydrogens is 320 g/mol. The molecule has 2 saturated heterocycles. The van der Waals surface area contributed by atoms with E-state index in [9.17, 15) is 30.6 Å². The molecule has 9 atom stereocenters. The summed E-state index contributed by atoms with van der Waals surface area (Å²) >= 11 is 0. The maximum absolute atomic E-state index is 10.00. The van der Waals surface area contributed by atoms with Crippen LogP contribution in [0.1, 0.15) is 0 Å². The van der Waals surface area contributed by atoms with Crippen molar-refractivity contribution >= 4 is 0 Å². The molecule has 0 bridgehead atoms. The zero-order valence-electron chi connectivity index (χ0n) is 12.0. The van der Waals surface area contributed by atoms with E-state index in [0.717, 1.165) is 0 Å². The third-order valence-electron chi connectivity index (χ3n) is 4.02. The molecule has 0 spiro atoms. The van der Waals surface area contributed by atoms with Crippen LogP contribution < -0.4 is 0 Å². The summed E-state index contributed by atoms with van der Waals surface area (Å²) in [6.45, 7) is -2.13. The molecule has 9 unspecified atom stereocenters. The Hall–Kier alpha value is -0.440. The minimum absolute atomic E-state index is 0.476. The van der Waals surface area contributed by atoms with Gasteiger partial charge in [-0.15, -0.1) is 0 Å². The number of ether oxygens (including phenoxy) is 3. The number of hydrogen-bond donors (Lipinski definition) is 8. The fraction of sp³-hybridized carbons (Fsp3) is 1.00. The fourth-order valence-electron chi connectivity index (χ4n) is 2.52. The second kappa shape index (κ2) is 7.21. The Morgan fingerprint density at radius 3 is 2.22 bits per heavy atom. The first-order chi connectivity index (χ1) is 10.7. The second-order valence-electron chi connectivity index (χ2n) is 5.62. The van der Waals surface area contributed by atoms with Crippen LogP contribution in [0.2, 0.25) is 0 Å². The minimum atomic E-state index is -2.38. The SMILES string of the molecule is OCC1OC(OC2C(O)COC(O)(CO)C2O)C(O)C(O)C1O. The quantitative estimate of drug-likeness (QED) is 0.243. The van der Waals surface area contributed by atoms with E-state index in [4.69, 9.17) is 24.4 Å². The van der Waals surface area contributed by atoms with Gasteiger partial charge in [0, 0.05) is 0 Å². The van der Waals surface area contributed by atoms with Crippen molar-refractivity contribution in [2.24, 2.45) is 0 Å². The summed E-state index contributed by atoms with van der Waals surface area (Å²) in [6.07, 6.45) is -12.7. The molecule has 0 aromatic heterocycles. The molecule has 2 rings (SSSR count). The van der Waals surface area contributed by atoms with Crippen molar-refractivity contribution in [1.82, 2.24) is 0 Å². The summed E-state index contributed by atoms with van der Waals surface area (Å²) in [5.41, 5.74) is 0. The molecule has 0 radical (unpaired) electrons. The Morgan fingerprint density at radius 1 is 1.00 bits per heavy atom. The molecule has 11 heteroatoms. The summed E-state index contributed by atoms with van der Waals surface area (Å²) in [7, 11) is 0. The van der Waals surface area contributed by atoms with Crippen LogP contribution in [0, 0.1) is 0 Å². The van der Waals surface area contributed by atoms with E-state index in [2.05, 4.69) is 0 Å². The molecule has 0 aromatic carbocycles. The van der Waals surface area contributed by atoms with E-state index in [-0.39, 0.29) is 0 Å². The molecule has 2 aliphatic heterocycles. The molecular formula is C12H22O11. The van der Waals surface area contributed by atoms with Crippen molar-refractivity contribution in [1.29, 1.82) is 0 Å². The van der Waals surface area contributed by atoms with Crippen LogP contribution in [0.25, 0.3) is 0 Å². The molecule has 136 valence electrons. The van der Waals surface area contributed by atoms with Gasteiger partial charge in [-0.1, -0.05) is 0 Å². The normalized spacial score (nSPS) is 51.7. The third-order valence-corrected chi connectivity index (χ3v) is 4.02. The van der Waals surface area contributed by atoms with Crippen LogP contribution in [-0.2, 0) is 14.2 Å². The Morgan fingerprint density at radius 2 is 1.65 bits per heavy atom. The Balaban J connectivity index is 2.12. The highest BCUT2D eigenvalue weighted by atomic mass is 16.7. The first kappa shape index (κ1) is 18.9. The predicted molar refractivity (Wildman–Crippen MR) is 68.6 cm³/mol.